The average molecular weight is 250 g/mol. The number of carbonyl (C=O) groups excluding carboxylic acids is 1. The fourth-order valence-corrected chi connectivity index (χ4v) is 1.63. The summed E-state index contributed by atoms with van der Waals surface area (Å²) in [6.45, 7) is 0. The number of carboxylic acid groups (broad SMARTS) is 1. The number of Topliss-reactive ketones (excluding diaryl/α,β-unsaturated/α-hetero) is 1. The topological polar surface area (TPSA) is 106 Å². The van der Waals surface area contributed by atoms with Crippen molar-refractivity contribution in [2.45, 2.75) is 31.3 Å². The third-order valence-corrected chi connectivity index (χ3v) is 2.74. The molecule has 0 bridgehead atoms. The van der Waals surface area contributed by atoms with Gasteiger partial charge in [0.05, 0.1) is 6.04 Å². The molecule has 0 heterocycles. The van der Waals surface area contributed by atoms with Gasteiger partial charge in [0.15, 0.2) is 5.78 Å². The lowest BCUT2D eigenvalue weighted by Gasteiger charge is -2.11. The van der Waals surface area contributed by atoms with Gasteiger partial charge in [0.1, 0.15) is 6.04 Å². The monoisotopic (exact) mass is 250 g/mol. The number of aliphatic carboxylic acids is 1. The molecule has 2 atom stereocenters. The summed E-state index contributed by atoms with van der Waals surface area (Å²) in [5.74, 6) is -1.16. The summed E-state index contributed by atoms with van der Waals surface area (Å²) in [4.78, 5) is 22.4. The summed E-state index contributed by atoms with van der Waals surface area (Å²) < 4.78 is 0. The molecule has 1 aromatic carbocycles. The van der Waals surface area contributed by atoms with Crippen LogP contribution in [0.15, 0.2) is 30.3 Å². The molecular formula is C13H18N2O3. The van der Waals surface area contributed by atoms with E-state index < -0.39 is 18.1 Å². The Morgan fingerprint density at radius 1 is 1.06 bits per heavy atom. The number of carboxylic acids is 1. The fraction of sp³-hybridized carbons (Fsp3) is 0.385. The molecule has 0 radical (unpaired) electrons. The van der Waals surface area contributed by atoms with Gasteiger partial charge in [0.2, 0.25) is 0 Å². The lowest BCUT2D eigenvalue weighted by atomic mass is 9.99. The van der Waals surface area contributed by atoms with Gasteiger partial charge in [0, 0.05) is 5.56 Å². The molecule has 0 aliphatic carbocycles. The molecule has 0 amide bonds. The van der Waals surface area contributed by atoms with Crippen LogP contribution in [-0.4, -0.2) is 28.9 Å². The van der Waals surface area contributed by atoms with Crippen molar-refractivity contribution in [1.82, 2.24) is 0 Å². The normalized spacial score (nSPS) is 13.9. The number of ketones is 1. The first-order valence-corrected chi connectivity index (χ1v) is 5.85. The van der Waals surface area contributed by atoms with Crippen molar-refractivity contribution < 1.29 is 14.7 Å². The molecule has 0 saturated carbocycles. The quantitative estimate of drug-likeness (QED) is 0.620. The van der Waals surface area contributed by atoms with Gasteiger partial charge in [-0.3, -0.25) is 9.59 Å². The van der Waals surface area contributed by atoms with E-state index in [0.717, 1.165) is 0 Å². The van der Waals surface area contributed by atoms with Gasteiger partial charge in [0.25, 0.3) is 0 Å². The van der Waals surface area contributed by atoms with Gasteiger partial charge in [-0.2, -0.15) is 0 Å². The van der Waals surface area contributed by atoms with Crippen molar-refractivity contribution in [3.8, 4) is 0 Å². The minimum atomic E-state index is -1.03. The highest BCUT2D eigenvalue weighted by Crippen LogP contribution is 2.08. The van der Waals surface area contributed by atoms with Crippen molar-refractivity contribution in [2.24, 2.45) is 11.5 Å². The van der Waals surface area contributed by atoms with Crippen LogP contribution in [0.2, 0.25) is 0 Å². The van der Waals surface area contributed by atoms with Crippen molar-refractivity contribution in [2.75, 3.05) is 0 Å². The maximum absolute atomic E-state index is 11.9. The lowest BCUT2D eigenvalue weighted by Crippen LogP contribution is -2.33. The first-order chi connectivity index (χ1) is 8.52. The van der Waals surface area contributed by atoms with Crippen LogP contribution >= 0.6 is 0 Å². The smallest absolute Gasteiger partial charge is 0.320 e. The van der Waals surface area contributed by atoms with Crippen LogP contribution in [0.25, 0.3) is 0 Å². The van der Waals surface area contributed by atoms with Gasteiger partial charge >= 0.3 is 5.97 Å². The molecule has 0 aromatic heterocycles. The van der Waals surface area contributed by atoms with E-state index in [1.54, 1.807) is 24.3 Å². The summed E-state index contributed by atoms with van der Waals surface area (Å²) in [6.07, 6.45) is 1.28. The minimum Gasteiger partial charge on any atom is -0.480 e. The maximum atomic E-state index is 11.9. The zero-order valence-electron chi connectivity index (χ0n) is 10.1. The van der Waals surface area contributed by atoms with Crippen LogP contribution in [0.3, 0.4) is 0 Å². The first kappa shape index (κ1) is 14.3. The second-order valence-corrected chi connectivity index (χ2v) is 4.21. The number of carbonyl (C=O) groups is 2. The first-order valence-electron chi connectivity index (χ1n) is 5.85. The van der Waals surface area contributed by atoms with Gasteiger partial charge in [-0.25, -0.2) is 0 Å². The van der Waals surface area contributed by atoms with E-state index in [1.807, 2.05) is 6.07 Å². The molecule has 0 unspecified atom stereocenters. The Morgan fingerprint density at radius 3 is 2.17 bits per heavy atom. The number of nitrogens with two attached hydrogens (primary N) is 2. The molecule has 0 aliphatic heterocycles. The highest BCUT2D eigenvalue weighted by Gasteiger charge is 2.17. The van der Waals surface area contributed by atoms with Crippen molar-refractivity contribution in [1.29, 1.82) is 0 Å². The van der Waals surface area contributed by atoms with Gasteiger partial charge in [-0.1, -0.05) is 30.3 Å². The number of hydrogen-bond donors (Lipinski definition) is 3. The molecule has 18 heavy (non-hydrogen) atoms. The zero-order valence-corrected chi connectivity index (χ0v) is 10.1. The minimum absolute atomic E-state index is 0.125. The van der Waals surface area contributed by atoms with Crippen LogP contribution in [0, 0.1) is 0 Å². The predicted molar refractivity (Wildman–Crippen MR) is 68.2 cm³/mol. The number of rotatable bonds is 7. The third kappa shape index (κ3) is 4.27. The van der Waals surface area contributed by atoms with Crippen molar-refractivity contribution >= 4 is 11.8 Å². The second kappa shape index (κ2) is 6.88. The van der Waals surface area contributed by atoms with E-state index >= 15 is 0 Å². The van der Waals surface area contributed by atoms with E-state index in [0.29, 0.717) is 24.8 Å². The Kier molecular flexibility index (Phi) is 5.48. The zero-order chi connectivity index (χ0) is 13.5. The molecule has 5 heteroatoms. The highest BCUT2D eigenvalue weighted by molar-refractivity contribution is 5.99. The van der Waals surface area contributed by atoms with Crippen molar-refractivity contribution in [3.05, 3.63) is 35.9 Å². The molecular weight excluding hydrogens is 232 g/mol. The Bertz CT molecular complexity index is 406. The van der Waals surface area contributed by atoms with Crippen LogP contribution in [0.5, 0.6) is 0 Å². The average Bonchev–Trinajstić information content (AvgIpc) is 2.38. The van der Waals surface area contributed by atoms with E-state index in [2.05, 4.69) is 0 Å². The SMILES string of the molecule is N[C@H](CCC[C@H](N)C(=O)O)C(=O)c1ccccc1. The summed E-state index contributed by atoms with van der Waals surface area (Å²) >= 11 is 0. The summed E-state index contributed by atoms with van der Waals surface area (Å²) in [7, 11) is 0. The molecule has 0 spiro atoms. The molecule has 1 aromatic rings. The van der Waals surface area contributed by atoms with E-state index in [4.69, 9.17) is 16.6 Å². The molecule has 5 nitrogen and oxygen atoms in total. The predicted octanol–water partition coefficient (Wildman–Crippen LogP) is 0.779. The Balaban J connectivity index is 2.40. The molecule has 1 rings (SSSR count). The van der Waals surface area contributed by atoms with E-state index in [9.17, 15) is 9.59 Å². The summed E-state index contributed by atoms with van der Waals surface area (Å²) in [6, 6.07) is 7.32. The lowest BCUT2D eigenvalue weighted by molar-refractivity contribution is -0.138. The molecule has 0 saturated heterocycles. The largest absolute Gasteiger partial charge is 0.480 e. The number of benzene rings is 1. The Hall–Kier alpha value is -1.72. The van der Waals surface area contributed by atoms with Crippen LogP contribution < -0.4 is 11.5 Å². The van der Waals surface area contributed by atoms with Crippen LogP contribution in [0.1, 0.15) is 29.6 Å². The molecule has 0 fully saturated rings. The highest BCUT2D eigenvalue weighted by atomic mass is 16.4. The third-order valence-electron chi connectivity index (χ3n) is 2.74. The van der Waals surface area contributed by atoms with Crippen LogP contribution in [-0.2, 0) is 4.79 Å². The fourth-order valence-electron chi connectivity index (χ4n) is 1.63. The molecule has 0 aliphatic rings. The summed E-state index contributed by atoms with van der Waals surface area (Å²) in [5, 5.41) is 8.61. The summed E-state index contributed by atoms with van der Waals surface area (Å²) in [5.41, 5.74) is 11.7. The standard InChI is InChI=1S/C13H18N2O3/c14-10(7-4-8-11(15)13(17)18)12(16)9-5-2-1-3-6-9/h1-3,5-6,10-11H,4,7-8,14-15H2,(H,17,18)/t10-,11+/m1/s1. The maximum Gasteiger partial charge on any atom is 0.320 e. The molecule has 5 N–H and O–H groups in total. The second-order valence-electron chi connectivity index (χ2n) is 4.21. The number of hydrogen-bond acceptors (Lipinski definition) is 4. The van der Waals surface area contributed by atoms with E-state index in [1.165, 1.54) is 0 Å². The van der Waals surface area contributed by atoms with Gasteiger partial charge in [-0.15, -0.1) is 0 Å². The van der Waals surface area contributed by atoms with E-state index in [-0.39, 0.29) is 5.78 Å². The Morgan fingerprint density at radius 2 is 1.61 bits per heavy atom. The van der Waals surface area contributed by atoms with Gasteiger partial charge < -0.3 is 16.6 Å². The van der Waals surface area contributed by atoms with Crippen molar-refractivity contribution in [3.63, 3.8) is 0 Å². The Labute approximate surface area is 106 Å². The van der Waals surface area contributed by atoms with Gasteiger partial charge in [-0.05, 0) is 19.3 Å². The van der Waals surface area contributed by atoms with Crippen LogP contribution in [0.4, 0.5) is 0 Å². The molecule has 98 valence electrons.